The molecule has 0 aliphatic carbocycles. The Hall–Kier alpha value is -3.86. The first-order valence-electron chi connectivity index (χ1n) is 12.2. The third-order valence-electron chi connectivity index (χ3n) is 6.17. The average molecular weight is 469 g/mol. The summed E-state index contributed by atoms with van der Waals surface area (Å²) in [6.07, 6.45) is 7.83. The van der Waals surface area contributed by atoms with E-state index in [1.165, 1.54) is 22.4 Å². The fourth-order valence-corrected chi connectivity index (χ4v) is 4.25. The zero-order valence-corrected chi connectivity index (χ0v) is 20.6. The lowest BCUT2D eigenvalue weighted by Crippen LogP contribution is -2.26. The van der Waals surface area contributed by atoms with E-state index in [2.05, 4.69) is 52.5 Å². The molecule has 3 aromatic carbocycles. The van der Waals surface area contributed by atoms with Gasteiger partial charge in [-0.1, -0.05) is 60.7 Å². The molecule has 4 aromatic rings. The molecule has 0 saturated heterocycles. The number of carbonyl (C=O) groups excluding carboxylic acids is 1. The van der Waals surface area contributed by atoms with Crippen LogP contribution in [-0.4, -0.2) is 17.0 Å². The number of imidazole rings is 1. The summed E-state index contributed by atoms with van der Waals surface area (Å²) in [5.41, 5.74) is 5.52. The van der Waals surface area contributed by atoms with Gasteiger partial charge in [0.2, 0.25) is 6.33 Å². The number of ether oxygens (including phenoxy) is 1. The van der Waals surface area contributed by atoms with Crippen LogP contribution in [0, 0.1) is 0 Å². The van der Waals surface area contributed by atoms with Crippen LogP contribution >= 0.6 is 0 Å². The molecule has 4 rings (SSSR count). The second-order valence-electron chi connectivity index (χ2n) is 8.95. The molecule has 1 aromatic heterocycles. The van der Waals surface area contributed by atoms with Crippen molar-refractivity contribution in [2.24, 2.45) is 14.1 Å². The molecule has 0 spiro atoms. The van der Waals surface area contributed by atoms with Gasteiger partial charge in [0.25, 0.3) is 5.91 Å². The van der Waals surface area contributed by atoms with Crippen LogP contribution in [0.3, 0.4) is 0 Å². The van der Waals surface area contributed by atoms with Crippen molar-refractivity contribution in [2.45, 2.75) is 32.3 Å². The molecule has 1 heterocycles. The Kier molecular flexibility index (Phi) is 8.34. The predicted octanol–water partition coefficient (Wildman–Crippen LogP) is 4.58. The molecule has 180 valence electrons. The van der Waals surface area contributed by atoms with Gasteiger partial charge >= 0.3 is 0 Å². The maximum absolute atomic E-state index is 12.5. The molecule has 1 amide bonds. The third kappa shape index (κ3) is 7.06. The van der Waals surface area contributed by atoms with Crippen LogP contribution in [0.2, 0.25) is 0 Å². The first-order valence-corrected chi connectivity index (χ1v) is 12.2. The molecule has 0 aliphatic heterocycles. The van der Waals surface area contributed by atoms with E-state index in [1.807, 2.05) is 67.5 Å². The lowest BCUT2D eigenvalue weighted by molar-refractivity contribution is -0.671. The van der Waals surface area contributed by atoms with E-state index in [4.69, 9.17) is 4.74 Å². The fraction of sp³-hybridized carbons (Fsp3) is 0.267. The van der Waals surface area contributed by atoms with Crippen molar-refractivity contribution >= 4 is 5.91 Å². The molecule has 5 nitrogen and oxygen atoms in total. The van der Waals surface area contributed by atoms with Crippen LogP contribution in [-0.2, 0) is 40.0 Å². The van der Waals surface area contributed by atoms with E-state index in [1.54, 1.807) is 0 Å². The van der Waals surface area contributed by atoms with Crippen molar-refractivity contribution < 1.29 is 14.1 Å². The quantitative estimate of drug-likeness (QED) is 0.328. The molecule has 5 heteroatoms. The summed E-state index contributed by atoms with van der Waals surface area (Å²) < 4.78 is 10.2. The van der Waals surface area contributed by atoms with Crippen molar-refractivity contribution in [2.75, 3.05) is 6.54 Å². The molecule has 35 heavy (non-hydrogen) atoms. The lowest BCUT2D eigenvalue weighted by atomic mass is 10.0. The number of para-hydroxylation sites is 1. The number of aryl methyl sites for hydroxylation is 4. The number of rotatable bonds is 11. The highest BCUT2D eigenvalue weighted by Crippen LogP contribution is 2.22. The second kappa shape index (κ2) is 12.0. The van der Waals surface area contributed by atoms with Crippen molar-refractivity contribution in [1.82, 2.24) is 9.88 Å². The van der Waals surface area contributed by atoms with Gasteiger partial charge in [0, 0.05) is 18.5 Å². The van der Waals surface area contributed by atoms with Crippen LogP contribution in [0.5, 0.6) is 5.75 Å². The highest BCUT2D eigenvalue weighted by atomic mass is 16.5. The number of carbonyl (C=O) groups is 1. The first-order chi connectivity index (χ1) is 17.1. The van der Waals surface area contributed by atoms with Gasteiger partial charge < -0.3 is 10.1 Å². The van der Waals surface area contributed by atoms with Crippen molar-refractivity contribution in [3.63, 3.8) is 0 Å². The lowest BCUT2D eigenvalue weighted by Gasteiger charge is -2.12. The van der Waals surface area contributed by atoms with Crippen LogP contribution in [0.1, 0.15) is 39.2 Å². The summed E-state index contributed by atoms with van der Waals surface area (Å²) in [6.45, 7) is 1.19. The van der Waals surface area contributed by atoms with Gasteiger partial charge in [-0.3, -0.25) is 4.79 Å². The number of hydrogen-bond acceptors (Lipinski definition) is 2. The minimum Gasteiger partial charge on any atom is -0.489 e. The Labute approximate surface area is 208 Å². The Balaban J connectivity index is 1.23. The molecule has 0 bridgehead atoms. The Bertz CT molecular complexity index is 1230. The molecule has 0 unspecified atom stereocenters. The van der Waals surface area contributed by atoms with Gasteiger partial charge in [0.15, 0.2) is 0 Å². The second-order valence-corrected chi connectivity index (χ2v) is 8.95. The Morgan fingerprint density at radius 1 is 0.886 bits per heavy atom. The zero-order chi connectivity index (χ0) is 24.5. The summed E-state index contributed by atoms with van der Waals surface area (Å²) in [5, 5.41) is 3.02. The molecular weight excluding hydrogens is 434 g/mol. The van der Waals surface area contributed by atoms with Crippen LogP contribution in [0.15, 0.2) is 91.4 Å². The van der Waals surface area contributed by atoms with Crippen LogP contribution in [0.4, 0.5) is 0 Å². The highest BCUT2D eigenvalue weighted by molar-refractivity contribution is 5.94. The normalized spacial score (nSPS) is 10.8. The van der Waals surface area contributed by atoms with Gasteiger partial charge in [-0.2, -0.15) is 0 Å². The van der Waals surface area contributed by atoms with Gasteiger partial charge in [-0.05, 0) is 54.2 Å². The largest absolute Gasteiger partial charge is 0.489 e. The van der Waals surface area contributed by atoms with Gasteiger partial charge in [0.05, 0.1) is 14.1 Å². The molecule has 0 fully saturated rings. The first kappa shape index (κ1) is 24.3. The number of benzene rings is 3. The van der Waals surface area contributed by atoms with E-state index < -0.39 is 0 Å². The monoisotopic (exact) mass is 468 g/mol. The van der Waals surface area contributed by atoms with Crippen molar-refractivity contribution in [1.29, 1.82) is 0 Å². The predicted molar refractivity (Wildman–Crippen MR) is 138 cm³/mol. The third-order valence-corrected chi connectivity index (χ3v) is 6.17. The zero-order valence-electron chi connectivity index (χ0n) is 20.6. The number of nitrogens with one attached hydrogen (secondary N) is 1. The van der Waals surface area contributed by atoms with Gasteiger partial charge in [-0.25, -0.2) is 9.13 Å². The average Bonchev–Trinajstić information content (AvgIpc) is 3.21. The SMILES string of the molecule is Cn1c[n+](C)cc1CCNC(=O)c1ccc(CCCc2ccccc2OCc2ccccc2)cc1. The van der Waals surface area contributed by atoms with E-state index in [-0.39, 0.29) is 5.91 Å². The summed E-state index contributed by atoms with van der Waals surface area (Å²) in [7, 11) is 4.02. The number of hydrogen-bond donors (Lipinski definition) is 1. The highest BCUT2D eigenvalue weighted by Gasteiger charge is 2.10. The number of aromatic nitrogens is 2. The minimum atomic E-state index is -0.0281. The fourth-order valence-electron chi connectivity index (χ4n) is 4.25. The van der Waals surface area contributed by atoms with Crippen molar-refractivity contribution in [3.8, 4) is 5.75 Å². The summed E-state index contributed by atoms with van der Waals surface area (Å²) in [6, 6.07) is 26.5. The Morgan fingerprint density at radius 2 is 1.63 bits per heavy atom. The van der Waals surface area contributed by atoms with Crippen LogP contribution < -0.4 is 14.6 Å². The summed E-state index contributed by atoms with van der Waals surface area (Å²) >= 11 is 0. The molecule has 1 N–H and O–H groups in total. The van der Waals surface area contributed by atoms with Crippen molar-refractivity contribution in [3.05, 3.63) is 119 Å². The molecule has 0 radical (unpaired) electrons. The molecule has 0 atom stereocenters. The number of nitrogens with zero attached hydrogens (tertiary/aromatic N) is 2. The van der Waals surface area contributed by atoms with E-state index in [0.717, 1.165) is 31.4 Å². The van der Waals surface area contributed by atoms with E-state index in [0.29, 0.717) is 18.7 Å². The molecule has 0 aliphatic rings. The standard InChI is InChI=1S/C30H33N3O2/c1-32-21-28(33(2)23-32)19-20-31-30(34)27-17-15-24(16-18-27)11-8-13-26-12-6-7-14-29(26)35-22-25-9-4-3-5-10-25/h3-7,9-10,12,14-18,21,23H,8,11,13,19-20,22H2,1-2H3/p+1. The van der Waals surface area contributed by atoms with E-state index in [9.17, 15) is 4.79 Å². The van der Waals surface area contributed by atoms with Crippen LogP contribution in [0.25, 0.3) is 0 Å². The molecule has 0 saturated carbocycles. The summed E-state index contributed by atoms with van der Waals surface area (Å²) in [4.78, 5) is 12.5. The van der Waals surface area contributed by atoms with Gasteiger partial charge in [0.1, 0.15) is 24.2 Å². The van der Waals surface area contributed by atoms with E-state index >= 15 is 0 Å². The maximum atomic E-state index is 12.5. The summed E-state index contributed by atoms with van der Waals surface area (Å²) in [5.74, 6) is 0.923. The minimum absolute atomic E-state index is 0.0281. The molecular formula is C30H34N3O2+. The van der Waals surface area contributed by atoms with Gasteiger partial charge in [-0.15, -0.1) is 0 Å². The smallest absolute Gasteiger partial charge is 0.251 e. The maximum Gasteiger partial charge on any atom is 0.251 e. The Morgan fingerprint density at radius 3 is 2.37 bits per heavy atom. The number of amides is 1. The topological polar surface area (TPSA) is 47.1 Å².